The summed E-state index contributed by atoms with van der Waals surface area (Å²) >= 11 is 0. The summed E-state index contributed by atoms with van der Waals surface area (Å²) in [6, 6.07) is 19.7. The monoisotopic (exact) mass is 346 g/mol. The second kappa shape index (κ2) is 8.30. The van der Waals surface area contributed by atoms with E-state index < -0.39 is 0 Å². The molecule has 0 radical (unpaired) electrons. The molecule has 0 fully saturated rings. The molecule has 0 bridgehead atoms. The zero-order valence-electron chi connectivity index (χ0n) is 14.9. The van der Waals surface area contributed by atoms with E-state index in [0.717, 1.165) is 16.6 Å². The number of nitrogens with zero attached hydrogens (tertiary/aromatic N) is 2. The smallest absolute Gasteiger partial charge is 0.340 e. The standard InChI is InChI=1S/C22H22N2O2/c1-3-14-24(18-11-6-5-7-12-18)16-21-19(22(25)26-4-2)15-17-10-8-9-13-20(17)23-21/h3,5-13,15H,1,4,14,16H2,2H3. The van der Waals surface area contributed by atoms with Crippen molar-refractivity contribution in [3.63, 3.8) is 0 Å². The number of para-hydroxylation sites is 2. The SMILES string of the molecule is C=CCN(Cc1nc2ccccc2cc1C(=O)OCC)c1ccccc1. The molecule has 0 atom stereocenters. The van der Waals surface area contributed by atoms with E-state index in [-0.39, 0.29) is 5.97 Å². The van der Waals surface area contributed by atoms with E-state index in [1.54, 1.807) is 6.92 Å². The summed E-state index contributed by atoms with van der Waals surface area (Å²) in [5.41, 5.74) is 3.13. The number of hydrogen-bond donors (Lipinski definition) is 0. The van der Waals surface area contributed by atoms with Crippen molar-refractivity contribution in [2.24, 2.45) is 0 Å². The molecule has 132 valence electrons. The summed E-state index contributed by atoms with van der Waals surface area (Å²) in [5.74, 6) is -0.340. The first-order chi connectivity index (χ1) is 12.7. The van der Waals surface area contributed by atoms with Gasteiger partial charge in [0.15, 0.2) is 0 Å². The molecule has 26 heavy (non-hydrogen) atoms. The van der Waals surface area contributed by atoms with Gasteiger partial charge in [-0.05, 0) is 31.2 Å². The van der Waals surface area contributed by atoms with Gasteiger partial charge in [0.1, 0.15) is 0 Å². The Morgan fingerprint density at radius 1 is 1.15 bits per heavy atom. The molecule has 0 N–H and O–H groups in total. The first-order valence-corrected chi connectivity index (χ1v) is 8.69. The Balaban J connectivity index is 2.04. The fraction of sp³-hybridized carbons (Fsp3) is 0.182. The van der Waals surface area contributed by atoms with Crippen LogP contribution in [0.4, 0.5) is 5.69 Å². The number of carbonyl (C=O) groups is 1. The molecule has 0 aliphatic carbocycles. The highest BCUT2D eigenvalue weighted by Crippen LogP contribution is 2.22. The van der Waals surface area contributed by atoms with Gasteiger partial charge in [-0.15, -0.1) is 6.58 Å². The minimum Gasteiger partial charge on any atom is -0.462 e. The maximum Gasteiger partial charge on any atom is 0.340 e. The maximum absolute atomic E-state index is 12.5. The lowest BCUT2D eigenvalue weighted by Crippen LogP contribution is -2.25. The predicted octanol–water partition coefficient (Wildman–Crippen LogP) is 4.60. The number of anilines is 1. The summed E-state index contributed by atoms with van der Waals surface area (Å²) in [5, 5.41) is 0.925. The van der Waals surface area contributed by atoms with Crippen LogP contribution in [0.15, 0.2) is 73.3 Å². The minimum atomic E-state index is -0.340. The maximum atomic E-state index is 12.5. The van der Waals surface area contributed by atoms with Crippen molar-refractivity contribution in [3.05, 3.63) is 84.6 Å². The number of pyridine rings is 1. The number of hydrogen-bond acceptors (Lipinski definition) is 4. The molecule has 4 nitrogen and oxygen atoms in total. The molecule has 0 saturated carbocycles. The summed E-state index contributed by atoms with van der Waals surface area (Å²) in [4.78, 5) is 19.4. The van der Waals surface area contributed by atoms with Crippen molar-refractivity contribution in [3.8, 4) is 0 Å². The number of carbonyl (C=O) groups excluding carboxylic acids is 1. The van der Waals surface area contributed by atoms with Crippen LogP contribution in [0, 0.1) is 0 Å². The molecular formula is C22H22N2O2. The van der Waals surface area contributed by atoms with Gasteiger partial charge in [-0.25, -0.2) is 4.79 Å². The first kappa shape index (κ1) is 17.7. The van der Waals surface area contributed by atoms with Crippen LogP contribution in [0.3, 0.4) is 0 Å². The quantitative estimate of drug-likeness (QED) is 0.463. The average Bonchev–Trinajstić information content (AvgIpc) is 2.68. The number of fused-ring (bicyclic) bond motifs is 1. The van der Waals surface area contributed by atoms with Crippen LogP contribution >= 0.6 is 0 Å². The molecule has 0 saturated heterocycles. The van der Waals surface area contributed by atoms with Crippen LogP contribution in [0.5, 0.6) is 0 Å². The number of benzene rings is 2. The molecule has 0 unspecified atom stereocenters. The first-order valence-electron chi connectivity index (χ1n) is 8.69. The molecular weight excluding hydrogens is 324 g/mol. The van der Waals surface area contributed by atoms with Gasteiger partial charge in [0.2, 0.25) is 0 Å². The van der Waals surface area contributed by atoms with Crippen molar-refractivity contribution >= 4 is 22.6 Å². The Hall–Kier alpha value is -3.14. The van der Waals surface area contributed by atoms with Gasteiger partial charge in [-0.1, -0.05) is 42.5 Å². The lowest BCUT2D eigenvalue weighted by atomic mass is 10.1. The van der Waals surface area contributed by atoms with Crippen LogP contribution in [-0.4, -0.2) is 24.1 Å². The molecule has 1 aromatic heterocycles. The Kier molecular flexibility index (Phi) is 5.64. The van der Waals surface area contributed by atoms with Gasteiger partial charge < -0.3 is 9.64 Å². The van der Waals surface area contributed by atoms with E-state index in [4.69, 9.17) is 9.72 Å². The second-order valence-corrected chi connectivity index (χ2v) is 5.90. The van der Waals surface area contributed by atoms with Crippen molar-refractivity contribution in [1.82, 2.24) is 4.98 Å². The number of aromatic nitrogens is 1. The van der Waals surface area contributed by atoms with E-state index in [1.807, 2.05) is 66.7 Å². The summed E-state index contributed by atoms with van der Waals surface area (Å²) < 4.78 is 5.25. The molecule has 4 heteroatoms. The molecule has 3 rings (SSSR count). The van der Waals surface area contributed by atoms with Gasteiger partial charge in [-0.3, -0.25) is 4.98 Å². The molecule has 1 heterocycles. The third kappa shape index (κ3) is 3.91. The van der Waals surface area contributed by atoms with Crippen molar-refractivity contribution < 1.29 is 9.53 Å². The van der Waals surface area contributed by atoms with E-state index in [9.17, 15) is 4.79 Å². The van der Waals surface area contributed by atoms with Gasteiger partial charge in [0.25, 0.3) is 0 Å². The van der Waals surface area contributed by atoms with Crippen molar-refractivity contribution in [2.75, 3.05) is 18.1 Å². The number of rotatable bonds is 7. The predicted molar refractivity (Wildman–Crippen MR) is 105 cm³/mol. The number of ether oxygens (including phenoxy) is 1. The van der Waals surface area contributed by atoms with Gasteiger partial charge in [0.05, 0.1) is 29.9 Å². The van der Waals surface area contributed by atoms with E-state index in [2.05, 4.69) is 11.5 Å². The van der Waals surface area contributed by atoms with E-state index >= 15 is 0 Å². The van der Waals surface area contributed by atoms with Crippen LogP contribution in [0.25, 0.3) is 10.9 Å². The zero-order valence-corrected chi connectivity index (χ0v) is 14.9. The van der Waals surface area contributed by atoms with Crippen LogP contribution in [0.1, 0.15) is 23.0 Å². The molecule has 0 aliphatic heterocycles. The van der Waals surface area contributed by atoms with Gasteiger partial charge in [-0.2, -0.15) is 0 Å². The number of esters is 1. The summed E-state index contributed by atoms with van der Waals surface area (Å²) in [6.45, 7) is 7.14. The fourth-order valence-electron chi connectivity index (χ4n) is 2.90. The van der Waals surface area contributed by atoms with Crippen LogP contribution in [-0.2, 0) is 11.3 Å². The highest BCUT2D eigenvalue weighted by Gasteiger charge is 2.18. The lowest BCUT2D eigenvalue weighted by molar-refractivity contribution is 0.0524. The largest absolute Gasteiger partial charge is 0.462 e. The summed E-state index contributed by atoms with van der Waals surface area (Å²) in [6.07, 6.45) is 1.85. The molecule has 2 aromatic carbocycles. The normalized spacial score (nSPS) is 10.5. The van der Waals surface area contributed by atoms with Gasteiger partial charge >= 0.3 is 5.97 Å². The van der Waals surface area contributed by atoms with Gasteiger partial charge in [0, 0.05) is 17.6 Å². The van der Waals surface area contributed by atoms with Crippen LogP contribution < -0.4 is 4.90 Å². The lowest BCUT2D eigenvalue weighted by Gasteiger charge is -2.24. The Morgan fingerprint density at radius 3 is 2.62 bits per heavy atom. The summed E-state index contributed by atoms with van der Waals surface area (Å²) in [7, 11) is 0. The third-order valence-electron chi connectivity index (χ3n) is 4.11. The zero-order chi connectivity index (χ0) is 18.4. The highest BCUT2D eigenvalue weighted by atomic mass is 16.5. The minimum absolute atomic E-state index is 0.333. The van der Waals surface area contributed by atoms with Crippen LogP contribution in [0.2, 0.25) is 0 Å². The Morgan fingerprint density at radius 2 is 1.88 bits per heavy atom. The average molecular weight is 346 g/mol. The van der Waals surface area contributed by atoms with E-state index in [1.165, 1.54) is 0 Å². The topological polar surface area (TPSA) is 42.4 Å². The molecule has 0 spiro atoms. The molecule has 0 aliphatic rings. The second-order valence-electron chi connectivity index (χ2n) is 5.90. The third-order valence-corrected chi connectivity index (χ3v) is 4.11. The molecule has 0 amide bonds. The Bertz CT molecular complexity index is 906. The highest BCUT2D eigenvalue weighted by molar-refractivity contribution is 5.95. The molecule has 3 aromatic rings. The fourth-order valence-corrected chi connectivity index (χ4v) is 2.90. The van der Waals surface area contributed by atoms with Crippen molar-refractivity contribution in [2.45, 2.75) is 13.5 Å². The van der Waals surface area contributed by atoms with Crippen molar-refractivity contribution in [1.29, 1.82) is 0 Å². The Labute approximate surface area is 153 Å². The van der Waals surface area contributed by atoms with E-state index in [0.29, 0.717) is 31.0 Å².